The zero-order chi connectivity index (χ0) is 27.6. The van der Waals surface area contributed by atoms with E-state index in [0.717, 1.165) is 62.0 Å². The predicted octanol–water partition coefficient (Wildman–Crippen LogP) is 7.01. The molecule has 39 heavy (non-hydrogen) atoms. The molecule has 2 aromatic carbocycles. The molecule has 0 spiro atoms. The fourth-order valence-corrected chi connectivity index (χ4v) is 5.68. The second-order valence-electron chi connectivity index (χ2n) is 11.6. The molecule has 200 valence electrons. The number of hydrogen-bond donors (Lipinski definition) is 1. The van der Waals surface area contributed by atoms with Crippen molar-refractivity contribution in [1.29, 1.82) is 0 Å². The lowest BCUT2D eigenvalue weighted by molar-refractivity contribution is -0.160. The van der Waals surface area contributed by atoms with Crippen LogP contribution in [0.5, 0.6) is 5.75 Å². The molecule has 0 saturated carbocycles. The second-order valence-corrected chi connectivity index (χ2v) is 11.6. The molecule has 1 aliphatic rings. The Labute approximate surface area is 227 Å². The maximum Gasteiger partial charge on any atom is 0.337 e. The zero-order valence-electron chi connectivity index (χ0n) is 23.2. The molecule has 0 amide bonds. The van der Waals surface area contributed by atoms with Crippen molar-refractivity contribution in [3.05, 3.63) is 71.2 Å². The molecule has 0 aliphatic carbocycles. The number of rotatable bonds is 5. The van der Waals surface area contributed by atoms with Crippen LogP contribution in [0, 0.1) is 6.92 Å². The third kappa shape index (κ3) is 4.21. The van der Waals surface area contributed by atoms with Crippen molar-refractivity contribution in [3.8, 4) is 16.9 Å². The van der Waals surface area contributed by atoms with Crippen molar-refractivity contribution in [2.24, 2.45) is 0 Å². The summed E-state index contributed by atoms with van der Waals surface area (Å²) in [5, 5.41) is 12.4. The summed E-state index contributed by atoms with van der Waals surface area (Å²) in [6, 6.07) is 12.1. The van der Waals surface area contributed by atoms with Gasteiger partial charge in [0.2, 0.25) is 0 Å². The van der Waals surface area contributed by atoms with Gasteiger partial charge in [-0.05, 0) is 86.7 Å². The smallest absolute Gasteiger partial charge is 0.337 e. The highest BCUT2D eigenvalue weighted by molar-refractivity contribution is 6.08. The number of fused-ring (bicyclic) bond motifs is 3. The van der Waals surface area contributed by atoms with Crippen LogP contribution < -0.4 is 4.74 Å². The number of carbonyl (C=O) groups is 1. The van der Waals surface area contributed by atoms with E-state index in [1.165, 1.54) is 5.56 Å². The average Bonchev–Trinajstić information content (AvgIpc) is 3.33. The lowest BCUT2D eigenvalue weighted by Gasteiger charge is -2.29. The van der Waals surface area contributed by atoms with Crippen LogP contribution in [0.3, 0.4) is 0 Å². The summed E-state index contributed by atoms with van der Waals surface area (Å²) >= 11 is 0. The third-order valence-electron chi connectivity index (χ3n) is 7.39. The van der Waals surface area contributed by atoms with Gasteiger partial charge in [-0.1, -0.05) is 13.8 Å². The van der Waals surface area contributed by atoms with Gasteiger partial charge in [-0.25, -0.2) is 9.78 Å². The van der Waals surface area contributed by atoms with E-state index in [1.807, 2.05) is 64.2 Å². The van der Waals surface area contributed by atoms with Gasteiger partial charge < -0.3 is 14.6 Å². The number of pyridine rings is 2. The molecule has 0 fully saturated rings. The summed E-state index contributed by atoms with van der Waals surface area (Å²) in [6.45, 7) is 12.5. The van der Waals surface area contributed by atoms with Gasteiger partial charge in [-0.2, -0.15) is 0 Å². The van der Waals surface area contributed by atoms with E-state index in [1.54, 1.807) is 0 Å². The van der Waals surface area contributed by atoms with Crippen molar-refractivity contribution in [3.63, 3.8) is 0 Å². The van der Waals surface area contributed by atoms with Gasteiger partial charge in [0.15, 0.2) is 6.10 Å². The first-order valence-corrected chi connectivity index (χ1v) is 13.4. The Bertz CT molecular complexity index is 1770. The molecule has 6 rings (SSSR count). The molecule has 7 nitrogen and oxygen atoms in total. The number of nitrogens with zero attached hydrogens (tertiary/aromatic N) is 3. The van der Waals surface area contributed by atoms with Gasteiger partial charge in [0, 0.05) is 40.7 Å². The number of carboxylic acid groups (broad SMARTS) is 1. The first-order chi connectivity index (χ1) is 18.5. The SMILES string of the molecule is Cc1cc2c(ccc3nc(C(C)C)cn32)c(-c2ccc3c4c(ccnc24)CCO3)c1C(OC(C)(C)C)C(=O)O. The van der Waals surface area contributed by atoms with Crippen LogP contribution in [0.25, 0.3) is 38.6 Å². The van der Waals surface area contributed by atoms with Crippen molar-refractivity contribution in [1.82, 2.24) is 14.4 Å². The average molecular weight is 524 g/mol. The van der Waals surface area contributed by atoms with E-state index in [0.29, 0.717) is 12.2 Å². The van der Waals surface area contributed by atoms with Crippen molar-refractivity contribution in [2.75, 3.05) is 6.61 Å². The largest absolute Gasteiger partial charge is 0.493 e. The summed E-state index contributed by atoms with van der Waals surface area (Å²) in [5.41, 5.74) is 7.26. The topological polar surface area (TPSA) is 86.0 Å². The Morgan fingerprint density at radius 3 is 2.67 bits per heavy atom. The number of benzene rings is 2. The molecule has 1 aliphatic heterocycles. The Morgan fingerprint density at radius 1 is 1.15 bits per heavy atom. The quantitative estimate of drug-likeness (QED) is 0.267. The number of imidazole rings is 1. The standard InChI is InChI=1S/C32H33N3O4/c1-17(2)22-16-35-23-15-18(3)26(30(31(36)37)39-32(4,5)6)28(20(23)8-10-25(35)34-22)21-7-9-24-27-19(12-14-38-24)11-13-33-29(21)27/h7-11,13,15-17,30H,12,14H2,1-6H3,(H,36,37). The lowest BCUT2D eigenvalue weighted by Crippen LogP contribution is -2.28. The van der Waals surface area contributed by atoms with Gasteiger partial charge in [0.25, 0.3) is 0 Å². The van der Waals surface area contributed by atoms with E-state index >= 15 is 0 Å². The number of aromatic nitrogens is 3. The van der Waals surface area contributed by atoms with Gasteiger partial charge in [-0.15, -0.1) is 0 Å². The van der Waals surface area contributed by atoms with Crippen LogP contribution in [0.2, 0.25) is 0 Å². The first kappa shape index (κ1) is 25.3. The fourth-order valence-electron chi connectivity index (χ4n) is 5.68. The molecule has 4 heterocycles. The summed E-state index contributed by atoms with van der Waals surface area (Å²) in [4.78, 5) is 22.4. The number of carboxylic acids is 1. The van der Waals surface area contributed by atoms with Gasteiger partial charge in [-0.3, -0.25) is 9.38 Å². The molecule has 0 saturated heterocycles. The summed E-state index contributed by atoms with van der Waals surface area (Å²) in [5.74, 6) is 0.0559. The van der Waals surface area contributed by atoms with Crippen molar-refractivity contribution < 1.29 is 19.4 Å². The first-order valence-electron chi connectivity index (χ1n) is 13.4. The monoisotopic (exact) mass is 523 g/mol. The van der Waals surface area contributed by atoms with Gasteiger partial charge in [0.1, 0.15) is 11.4 Å². The molecule has 3 aromatic heterocycles. The second kappa shape index (κ2) is 9.06. The van der Waals surface area contributed by atoms with Crippen LogP contribution in [0.1, 0.15) is 69.0 Å². The van der Waals surface area contributed by atoms with E-state index in [2.05, 4.69) is 30.5 Å². The number of ether oxygens (including phenoxy) is 2. The minimum Gasteiger partial charge on any atom is -0.493 e. The normalized spacial score (nSPS) is 14.3. The van der Waals surface area contributed by atoms with Crippen LogP contribution in [0.15, 0.2) is 48.8 Å². The lowest BCUT2D eigenvalue weighted by atomic mass is 9.86. The third-order valence-corrected chi connectivity index (χ3v) is 7.39. The number of aliphatic carboxylic acids is 1. The molecular weight excluding hydrogens is 490 g/mol. The minimum atomic E-state index is -1.17. The van der Waals surface area contributed by atoms with E-state index < -0.39 is 17.7 Å². The highest BCUT2D eigenvalue weighted by Crippen LogP contribution is 2.45. The Kier molecular flexibility index (Phi) is 5.88. The molecule has 1 N–H and O–H groups in total. The van der Waals surface area contributed by atoms with Crippen LogP contribution in [0.4, 0.5) is 0 Å². The maximum absolute atomic E-state index is 12.8. The summed E-state index contributed by atoms with van der Waals surface area (Å²) in [6.07, 6.45) is 3.54. The van der Waals surface area contributed by atoms with Crippen LogP contribution in [-0.4, -0.2) is 37.7 Å². The Hall–Kier alpha value is -3.97. The van der Waals surface area contributed by atoms with Crippen LogP contribution in [-0.2, 0) is 16.0 Å². The number of hydrogen-bond acceptors (Lipinski definition) is 5. The Balaban J connectivity index is 1.76. The molecule has 0 radical (unpaired) electrons. The van der Waals surface area contributed by atoms with Gasteiger partial charge >= 0.3 is 5.97 Å². The fraction of sp³-hybridized carbons (Fsp3) is 0.344. The maximum atomic E-state index is 12.8. The zero-order valence-corrected chi connectivity index (χ0v) is 23.2. The molecule has 1 atom stereocenters. The van der Waals surface area contributed by atoms with Crippen molar-refractivity contribution in [2.45, 2.75) is 65.6 Å². The molecular formula is C32H33N3O4. The van der Waals surface area contributed by atoms with Crippen LogP contribution >= 0.6 is 0 Å². The molecule has 5 aromatic rings. The summed E-state index contributed by atoms with van der Waals surface area (Å²) in [7, 11) is 0. The predicted molar refractivity (Wildman–Crippen MR) is 153 cm³/mol. The van der Waals surface area contributed by atoms with Crippen molar-refractivity contribution >= 4 is 33.4 Å². The summed E-state index contributed by atoms with van der Waals surface area (Å²) < 4.78 is 14.3. The van der Waals surface area contributed by atoms with E-state index in [-0.39, 0.29) is 5.92 Å². The van der Waals surface area contributed by atoms with Gasteiger partial charge in [0.05, 0.1) is 28.9 Å². The molecule has 0 bridgehead atoms. The minimum absolute atomic E-state index is 0.279. The highest BCUT2D eigenvalue weighted by Gasteiger charge is 2.33. The number of aryl methyl sites for hydroxylation is 1. The van der Waals surface area contributed by atoms with E-state index in [9.17, 15) is 9.90 Å². The molecule has 7 heteroatoms. The molecule has 1 unspecified atom stereocenters. The Morgan fingerprint density at radius 2 is 1.95 bits per heavy atom. The highest BCUT2D eigenvalue weighted by atomic mass is 16.5. The van der Waals surface area contributed by atoms with E-state index in [4.69, 9.17) is 19.4 Å².